The predicted octanol–water partition coefficient (Wildman–Crippen LogP) is 4.90. The third-order valence-corrected chi connectivity index (χ3v) is 8.47. The summed E-state index contributed by atoms with van der Waals surface area (Å²) in [5.41, 5.74) is 6.85. The van der Waals surface area contributed by atoms with Gasteiger partial charge < -0.3 is 31.1 Å². The fraction of sp³-hybridized carbons (Fsp3) is 0.355. The van der Waals surface area contributed by atoms with Gasteiger partial charge in [0.2, 0.25) is 23.8 Å². The smallest absolute Gasteiger partial charge is 0.429 e. The van der Waals surface area contributed by atoms with Crippen LogP contribution < -0.4 is 26.0 Å². The number of carboxylic acids is 1. The van der Waals surface area contributed by atoms with Gasteiger partial charge in [-0.1, -0.05) is 42.4 Å². The Morgan fingerprint density at radius 1 is 1.22 bits per heavy atom. The van der Waals surface area contributed by atoms with Gasteiger partial charge in [-0.15, -0.1) is 0 Å². The van der Waals surface area contributed by atoms with E-state index in [1.54, 1.807) is 24.3 Å². The van der Waals surface area contributed by atoms with Crippen LogP contribution >= 0.6 is 11.6 Å². The van der Waals surface area contributed by atoms with Crippen molar-refractivity contribution in [3.63, 3.8) is 0 Å². The fourth-order valence-corrected chi connectivity index (χ4v) is 6.05. The number of hydrogen-bond donors (Lipinski definition) is 4. The lowest BCUT2D eigenvalue weighted by Crippen LogP contribution is -2.41. The number of hydrogen-bond acceptors (Lipinski definition) is 8. The number of benzene rings is 2. The van der Waals surface area contributed by atoms with Crippen molar-refractivity contribution in [1.29, 1.82) is 0 Å². The molecule has 0 aliphatic carbocycles. The van der Waals surface area contributed by atoms with E-state index in [-0.39, 0.29) is 45.8 Å². The average molecular weight is 645 g/mol. The Morgan fingerprint density at radius 2 is 1.98 bits per heavy atom. The van der Waals surface area contributed by atoms with E-state index in [4.69, 9.17) is 22.1 Å². The van der Waals surface area contributed by atoms with Gasteiger partial charge in [0.05, 0.1) is 0 Å². The van der Waals surface area contributed by atoms with E-state index in [0.29, 0.717) is 55.8 Å². The molecule has 10 nitrogen and oxygen atoms in total. The van der Waals surface area contributed by atoms with Crippen molar-refractivity contribution in [2.24, 2.45) is 5.41 Å². The van der Waals surface area contributed by atoms with Crippen molar-refractivity contribution in [3.8, 4) is 17.0 Å². The zero-order valence-electron chi connectivity index (χ0n) is 24.1. The minimum absolute atomic E-state index is 0.144. The highest BCUT2D eigenvalue weighted by Gasteiger charge is 2.46. The molecule has 1 unspecified atom stereocenters. The molecule has 2 aromatic carbocycles. The van der Waals surface area contributed by atoms with Gasteiger partial charge in [-0.3, -0.25) is 9.59 Å². The third-order valence-electron chi connectivity index (χ3n) is 8.24. The maximum Gasteiger partial charge on any atom is 0.429 e. The summed E-state index contributed by atoms with van der Waals surface area (Å²) in [6.07, 6.45) is -4.29. The zero-order chi connectivity index (χ0) is 32.4. The lowest BCUT2D eigenvalue weighted by molar-refractivity contribution is -0.198. The molecule has 3 heterocycles. The molecule has 3 aromatic rings. The number of halogens is 4. The molecule has 5 N–H and O–H groups in total. The van der Waals surface area contributed by atoms with Gasteiger partial charge in [0.15, 0.2) is 0 Å². The Kier molecular flexibility index (Phi) is 9.21. The van der Waals surface area contributed by atoms with E-state index in [1.807, 2.05) is 4.90 Å². The number of alkyl halides is 3. The Morgan fingerprint density at radius 3 is 2.64 bits per heavy atom. The predicted molar refractivity (Wildman–Crippen MR) is 163 cm³/mol. The molecule has 1 spiro atoms. The van der Waals surface area contributed by atoms with Crippen LogP contribution in [-0.4, -0.2) is 58.8 Å². The molecule has 1 amide bonds. The molecule has 2 aliphatic heterocycles. The molecular formula is C31H32ClF3N6O4. The van der Waals surface area contributed by atoms with Crippen molar-refractivity contribution < 1.29 is 32.6 Å². The molecule has 0 bridgehead atoms. The second-order valence-corrected chi connectivity index (χ2v) is 11.7. The van der Waals surface area contributed by atoms with Gasteiger partial charge in [-0.05, 0) is 65.6 Å². The summed E-state index contributed by atoms with van der Waals surface area (Å²) in [7, 11) is 0. The van der Waals surface area contributed by atoms with E-state index < -0.39 is 24.3 Å². The topological polar surface area (TPSA) is 143 Å². The van der Waals surface area contributed by atoms with Gasteiger partial charge in [0.25, 0.3) is 0 Å². The number of aromatic nitrogens is 2. The molecule has 2 fully saturated rings. The lowest BCUT2D eigenvalue weighted by atomic mass is 9.76. The molecule has 0 radical (unpaired) electrons. The number of nitrogens with two attached hydrogens (primary N) is 1. The Balaban J connectivity index is 1.41. The standard InChI is InChI=1S/C31H32ClF3N6O4/c1-2-25(42)37-16-18-4-3-5-19(12-18)22-13-20(32)6-7-21(22)27(31(33,34)35)45-26-14-24(39-29(36)40-26)41-10-8-30(9-11-41)15-23(28(43)44)38-17-30/h2-7,12-14,23,27,38H,1,8-11,15-17H2,(H,37,42)(H,43,44)(H2,36,39,40)/t23?,27-/m1/s1. The van der Waals surface area contributed by atoms with E-state index >= 15 is 0 Å². The number of amides is 1. The highest BCUT2D eigenvalue weighted by Crippen LogP contribution is 2.43. The SMILES string of the molecule is C=CC(=O)NCc1cccc(-c2cc(Cl)ccc2[C@@H](Oc2cc(N3CCC4(CC3)CNC(C(=O)O)C4)nc(N)n2)C(F)(F)F)c1. The number of carboxylic acid groups (broad SMARTS) is 1. The first kappa shape index (κ1) is 32.0. The molecule has 238 valence electrons. The maximum absolute atomic E-state index is 14.7. The van der Waals surface area contributed by atoms with Crippen LogP contribution in [0.2, 0.25) is 5.02 Å². The number of aliphatic carboxylic acids is 1. The first-order chi connectivity index (χ1) is 21.4. The molecule has 2 aliphatic rings. The Bertz CT molecular complexity index is 1600. The zero-order valence-corrected chi connectivity index (χ0v) is 24.9. The van der Waals surface area contributed by atoms with Crippen LogP contribution in [0, 0.1) is 5.41 Å². The highest BCUT2D eigenvalue weighted by atomic mass is 35.5. The van der Waals surface area contributed by atoms with Crippen LogP contribution in [0.1, 0.15) is 36.5 Å². The Labute approximate surface area is 262 Å². The number of nitrogen functional groups attached to an aromatic ring is 1. The number of nitrogens with zero attached hydrogens (tertiary/aromatic N) is 3. The third kappa shape index (κ3) is 7.48. The molecule has 2 saturated heterocycles. The van der Waals surface area contributed by atoms with Gasteiger partial charge in [0, 0.05) is 42.8 Å². The number of carbonyl (C=O) groups excluding carboxylic acids is 1. The summed E-state index contributed by atoms with van der Waals surface area (Å²) in [6, 6.07) is 11.5. The second-order valence-electron chi connectivity index (χ2n) is 11.3. The van der Waals surface area contributed by atoms with Crippen molar-refractivity contribution >= 4 is 35.2 Å². The molecule has 5 rings (SSSR count). The molecule has 2 atom stereocenters. The molecule has 45 heavy (non-hydrogen) atoms. The van der Waals surface area contributed by atoms with Crippen LogP contribution in [0.3, 0.4) is 0 Å². The number of carbonyl (C=O) groups is 2. The van der Waals surface area contributed by atoms with Crippen LogP contribution in [0.5, 0.6) is 5.88 Å². The summed E-state index contributed by atoms with van der Waals surface area (Å²) in [6.45, 7) is 5.16. The van der Waals surface area contributed by atoms with Gasteiger partial charge in [-0.2, -0.15) is 23.1 Å². The summed E-state index contributed by atoms with van der Waals surface area (Å²) in [5, 5.41) is 15.3. The molecule has 1 aromatic heterocycles. The normalized spacial score (nSPS) is 18.4. The Hall–Kier alpha value is -4.36. The number of rotatable bonds is 9. The fourth-order valence-electron chi connectivity index (χ4n) is 5.88. The summed E-state index contributed by atoms with van der Waals surface area (Å²) in [4.78, 5) is 33.1. The number of ether oxygens (including phenoxy) is 1. The van der Waals surface area contributed by atoms with Crippen molar-refractivity contribution in [3.05, 3.63) is 77.3 Å². The minimum atomic E-state index is -4.86. The summed E-state index contributed by atoms with van der Waals surface area (Å²) >= 11 is 6.24. The van der Waals surface area contributed by atoms with Crippen molar-refractivity contribution in [2.75, 3.05) is 30.3 Å². The second kappa shape index (κ2) is 12.9. The quantitative estimate of drug-likeness (QED) is 0.239. The number of piperidine rings is 1. The highest BCUT2D eigenvalue weighted by molar-refractivity contribution is 6.30. The number of nitrogens with one attached hydrogen (secondary N) is 2. The van der Waals surface area contributed by atoms with E-state index in [2.05, 4.69) is 27.2 Å². The van der Waals surface area contributed by atoms with Gasteiger partial charge in [-0.25, -0.2) is 0 Å². The van der Waals surface area contributed by atoms with E-state index in [9.17, 15) is 27.9 Å². The molecule has 14 heteroatoms. The minimum Gasteiger partial charge on any atom is -0.480 e. The number of anilines is 2. The summed E-state index contributed by atoms with van der Waals surface area (Å²) < 4.78 is 49.6. The monoisotopic (exact) mass is 644 g/mol. The van der Waals surface area contributed by atoms with E-state index in [0.717, 1.165) is 6.08 Å². The molecular weight excluding hydrogens is 613 g/mol. The maximum atomic E-state index is 14.7. The van der Waals surface area contributed by atoms with Crippen LogP contribution in [0.25, 0.3) is 11.1 Å². The average Bonchev–Trinajstić information content (AvgIpc) is 3.42. The van der Waals surface area contributed by atoms with Crippen molar-refractivity contribution in [2.45, 2.75) is 44.1 Å². The first-order valence-corrected chi connectivity index (χ1v) is 14.6. The largest absolute Gasteiger partial charge is 0.480 e. The van der Waals surface area contributed by atoms with Crippen molar-refractivity contribution in [1.82, 2.24) is 20.6 Å². The molecule has 0 saturated carbocycles. The lowest BCUT2D eigenvalue weighted by Gasteiger charge is -2.39. The van der Waals surface area contributed by atoms with Gasteiger partial charge in [0.1, 0.15) is 11.9 Å². The van der Waals surface area contributed by atoms with E-state index in [1.165, 1.54) is 24.3 Å². The van der Waals surface area contributed by atoms with Crippen LogP contribution in [0.15, 0.2) is 61.2 Å². The summed E-state index contributed by atoms with van der Waals surface area (Å²) in [5.74, 6) is -1.55. The first-order valence-electron chi connectivity index (χ1n) is 14.2. The van der Waals surface area contributed by atoms with Crippen LogP contribution in [-0.2, 0) is 16.1 Å². The van der Waals surface area contributed by atoms with Crippen LogP contribution in [0.4, 0.5) is 24.9 Å². The van der Waals surface area contributed by atoms with Gasteiger partial charge >= 0.3 is 12.1 Å².